The third kappa shape index (κ3) is 8.46. The van der Waals surface area contributed by atoms with Gasteiger partial charge in [-0.3, -0.25) is 9.59 Å². The van der Waals surface area contributed by atoms with E-state index >= 15 is 0 Å². The lowest BCUT2D eigenvalue weighted by molar-refractivity contribution is -0.145. The average Bonchev–Trinajstić information content (AvgIpc) is 3.89. The van der Waals surface area contributed by atoms with E-state index in [1.807, 2.05) is 36.0 Å². The summed E-state index contributed by atoms with van der Waals surface area (Å²) in [6.07, 6.45) is 15.5. The third-order valence-corrected chi connectivity index (χ3v) is 14.6. The lowest BCUT2D eigenvalue weighted by Crippen LogP contribution is -2.60. The Bertz CT molecular complexity index is 2530. The number of carbonyl (C=O) groups excluding carboxylic acids is 4. The molecule has 3 aliphatic carbocycles. The molecule has 5 aliphatic rings. The number of fused-ring (bicyclic) bond motifs is 3. The topological polar surface area (TPSA) is 184 Å². The standard InChI is InChI=1S/C50H60N8O7/c1-28(2)40(55-47(61)63-5)45(59)57-27-50(19-20-50)24-39(57)43-51-25-37(53-43)30-13-11-29(12-14-30)32-15-16-33-22-34(10-8-9-31(33)21-32)38-26-52-44(54-38)41-35-17-18-36(23-35)58(41)46(60)42(49(3,4)65-7)56-48(62)64-6/h8,10-16,21-22,25-26,28,35-36,39-42H,9,17-20,23-24,27H2,1-7H3,(H,51,53)(H,52,54)(H,55,61)(H,56,62)/t35-,36+,39-,40-,41-,42+/m0/s1. The predicted molar refractivity (Wildman–Crippen MR) is 245 cm³/mol. The maximum Gasteiger partial charge on any atom is 0.407 e. The van der Waals surface area contributed by atoms with Crippen LogP contribution in [-0.4, -0.2) is 105 Å². The van der Waals surface area contributed by atoms with Crippen molar-refractivity contribution in [2.24, 2.45) is 17.3 Å². The molecule has 0 radical (unpaired) electrons. The molecule has 1 spiro atoms. The van der Waals surface area contributed by atoms with Crippen LogP contribution >= 0.6 is 0 Å². The maximum absolute atomic E-state index is 14.3. The Kier molecular flexibility index (Phi) is 11.7. The molecule has 4 aromatic rings. The molecule has 15 nitrogen and oxygen atoms in total. The van der Waals surface area contributed by atoms with E-state index < -0.39 is 29.9 Å². The number of carbonyl (C=O) groups is 4. The van der Waals surface area contributed by atoms with E-state index in [2.05, 4.69) is 81.3 Å². The first-order valence-electron chi connectivity index (χ1n) is 22.8. The summed E-state index contributed by atoms with van der Waals surface area (Å²) in [5.41, 5.74) is 7.42. The lowest BCUT2D eigenvalue weighted by atomic mass is 9.93. The highest BCUT2D eigenvalue weighted by Crippen LogP contribution is 2.58. The molecule has 4 amide bonds. The minimum Gasteiger partial charge on any atom is -0.453 e. The summed E-state index contributed by atoms with van der Waals surface area (Å²) < 4.78 is 15.4. The highest BCUT2D eigenvalue weighted by atomic mass is 16.5. The van der Waals surface area contributed by atoms with Gasteiger partial charge in [-0.25, -0.2) is 19.6 Å². The molecule has 9 rings (SSSR count). The van der Waals surface area contributed by atoms with Crippen molar-refractivity contribution in [3.05, 3.63) is 95.5 Å². The first-order valence-corrected chi connectivity index (χ1v) is 22.8. The monoisotopic (exact) mass is 884 g/mol. The van der Waals surface area contributed by atoms with Crippen molar-refractivity contribution in [2.75, 3.05) is 27.9 Å². The number of nitrogens with one attached hydrogen (secondary N) is 4. The van der Waals surface area contributed by atoms with Gasteiger partial charge in [-0.1, -0.05) is 68.5 Å². The largest absolute Gasteiger partial charge is 0.453 e. The molecule has 2 saturated carbocycles. The fraction of sp³-hybridized carbons (Fsp3) is 0.480. The molecule has 4 heterocycles. The molecule has 65 heavy (non-hydrogen) atoms. The molecule has 4 fully saturated rings. The zero-order valence-corrected chi connectivity index (χ0v) is 38.3. The van der Waals surface area contributed by atoms with Gasteiger partial charge in [0.25, 0.3) is 0 Å². The Morgan fingerprint density at radius 3 is 2.23 bits per heavy atom. The van der Waals surface area contributed by atoms with Crippen LogP contribution in [0.2, 0.25) is 0 Å². The van der Waals surface area contributed by atoms with Crippen molar-refractivity contribution in [3.63, 3.8) is 0 Å². The Morgan fingerprint density at radius 1 is 0.846 bits per heavy atom. The summed E-state index contributed by atoms with van der Waals surface area (Å²) >= 11 is 0. The number of amides is 4. The van der Waals surface area contributed by atoms with Gasteiger partial charge in [-0.05, 0) is 116 Å². The summed E-state index contributed by atoms with van der Waals surface area (Å²) in [7, 11) is 4.12. The van der Waals surface area contributed by atoms with Crippen LogP contribution in [0.4, 0.5) is 9.59 Å². The number of H-pyrrole nitrogens is 2. The highest BCUT2D eigenvalue weighted by Gasteiger charge is 2.56. The molecule has 2 bridgehead atoms. The number of likely N-dealkylation sites (tertiary alicyclic amines) is 2. The lowest BCUT2D eigenvalue weighted by Gasteiger charge is -2.40. The molecule has 342 valence electrons. The van der Waals surface area contributed by atoms with E-state index in [-0.39, 0.29) is 47.2 Å². The van der Waals surface area contributed by atoms with Crippen LogP contribution in [0.25, 0.3) is 34.0 Å². The minimum atomic E-state index is -0.974. The predicted octanol–water partition coefficient (Wildman–Crippen LogP) is 7.76. The Morgan fingerprint density at radius 2 is 1.52 bits per heavy atom. The molecule has 2 saturated heterocycles. The second-order valence-electron chi connectivity index (χ2n) is 19.4. The molecule has 4 N–H and O–H groups in total. The number of aromatic amines is 2. The Balaban J connectivity index is 0.901. The summed E-state index contributed by atoms with van der Waals surface area (Å²) in [6, 6.07) is 13.0. The number of allylic oxidation sites excluding steroid dienone is 3. The molecular formula is C50H60N8O7. The second kappa shape index (κ2) is 17.3. The number of imidazole rings is 2. The molecule has 2 aromatic carbocycles. The number of benzene rings is 2. The zero-order chi connectivity index (χ0) is 45.8. The van der Waals surface area contributed by atoms with Gasteiger partial charge in [0.05, 0.1) is 55.7 Å². The fourth-order valence-electron chi connectivity index (χ4n) is 10.5. The molecule has 0 unspecified atom stereocenters. The summed E-state index contributed by atoms with van der Waals surface area (Å²) in [6.45, 7) is 8.09. The van der Waals surface area contributed by atoms with E-state index in [4.69, 9.17) is 24.2 Å². The number of hydrogen-bond donors (Lipinski definition) is 4. The van der Waals surface area contributed by atoms with Gasteiger partial charge in [0.2, 0.25) is 11.8 Å². The minimum absolute atomic E-state index is 0.0533. The van der Waals surface area contributed by atoms with Crippen LogP contribution in [0.1, 0.15) is 107 Å². The molecule has 2 aromatic heterocycles. The van der Waals surface area contributed by atoms with Gasteiger partial charge >= 0.3 is 12.2 Å². The number of alkyl carbamates (subject to hydrolysis) is 2. The van der Waals surface area contributed by atoms with Crippen LogP contribution in [0, 0.1) is 17.3 Å². The number of hydrogen-bond acceptors (Lipinski definition) is 9. The van der Waals surface area contributed by atoms with Gasteiger partial charge < -0.3 is 44.6 Å². The normalized spacial score (nSPS) is 22.6. The van der Waals surface area contributed by atoms with Crippen molar-refractivity contribution >= 4 is 35.6 Å². The molecule has 2 aliphatic heterocycles. The van der Waals surface area contributed by atoms with E-state index in [1.165, 1.54) is 26.9 Å². The van der Waals surface area contributed by atoms with Crippen LogP contribution in [0.3, 0.4) is 0 Å². The first kappa shape index (κ1) is 44.0. The van der Waals surface area contributed by atoms with E-state index in [1.54, 1.807) is 13.8 Å². The summed E-state index contributed by atoms with van der Waals surface area (Å²) in [5.74, 6) is 1.33. The zero-order valence-electron chi connectivity index (χ0n) is 38.3. The van der Waals surface area contributed by atoms with Crippen LogP contribution in [0.15, 0.2) is 67.0 Å². The molecule has 15 heteroatoms. The number of methoxy groups -OCH3 is 3. The van der Waals surface area contributed by atoms with Gasteiger partial charge in [-0.2, -0.15) is 0 Å². The Labute approximate surface area is 379 Å². The van der Waals surface area contributed by atoms with Crippen molar-refractivity contribution in [1.29, 1.82) is 0 Å². The highest BCUT2D eigenvalue weighted by molar-refractivity contribution is 5.90. The van der Waals surface area contributed by atoms with E-state index in [9.17, 15) is 19.2 Å². The summed E-state index contributed by atoms with van der Waals surface area (Å²) in [4.78, 5) is 73.4. The second-order valence-corrected chi connectivity index (χ2v) is 19.4. The maximum atomic E-state index is 14.3. The SMILES string of the molecule is COC(=O)N[C@H](C(=O)N1CC2(CC2)C[C@H]1c1ncc(-c2ccc(-c3ccc4c(c3)CC=CC(c3cnc([C@@H]5[C@H]6CC[C@H](C6)N5C(=O)[C@@H](NC(=O)OC)C(C)(C)OC)[nH]3)=C4)cc2)[nH]1)C(C)C. The quantitative estimate of drug-likeness (QED) is 0.111. The number of nitrogens with zero attached hydrogens (tertiary/aromatic N) is 4. The summed E-state index contributed by atoms with van der Waals surface area (Å²) in [5, 5.41) is 5.49. The average molecular weight is 885 g/mol. The van der Waals surface area contributed by atoms with Crippen molar-refractivity contribution < 1.29 is 33.4 Å². The fourth-order valence-corrected chi connectivity index (χ4v) is 10.5. The van der Waals surface area contributed by atoms with Crippen molar-refractivity contribution in [1.82, 2.24) is 40.4 Å². The smallest absolute Gasteiger partial charge is 0.407 e. The number of rotatable bonds is 12. The number of aromatic nitrogens is 4. The van der Waals surface area contributed by atoms with E-state index in [0.29, 0.717) is 6.54 Å². The van der Waals surface area contributed by atoms with Crippen LogP contribution in [0.5, 0.6) is 0 Å². The van der Waals surface area contributed by atoms with Crippen molar-refractivity contribution in [3.8, 4) is 22.4 Å². The third-order valence-electron chi connectivity index (χ3n) is 14.6. The van der Waals surface area contributed by atoms with Gasteiger partial charge in [0, 0.05) is 19.7 Å². The molecule has 6 atom stereocenters. The van der Waals surface area contributed by atoms with Gasteiger partial charge in [0.15, 0.2) is 0 Å². The van der Waals surface area contributed by atoms with Crippen molar-refractivity contribution in [2.45, 2.75) is 108 Å². The van der Waals surface area contributed by atoms with E-state index in [0.717, 1.165) is 95.8 Å². The van der Waals surface area contributed by atoms with Gasteiger partial charge in [0.1, 0.15) is 23.7 Å². The number of ether oxygens (including phenoxy) is 3. The first-order chi connectivity index (χ1) is 31.2. The molecular weight excluding hydrogens is 825 g/mol. The number of piperidine rings is 1. The Hall–Kier alpha value is -6.22. The van der Waals surface area contributed by atoms with Gasteiger partial charge in [-0.15, -0.1) is 0 Å². The van der Waals surface area contributed by atoms with Crippen LogP contribution in [-0.2, 0) is 30.2 Å². The van der Waals surface area contributed by atoms with Crippen LogP contribution < -0.4 is 10.6 Å².